The summed E-state index contributed by atoms with van der Waals surface area (Å²) in [7, 11) is 0. The van der Waals surface area contributed by atoms with Crippen molar-refractivity contribution < 1.29 is 8.78 Å². The second-order valence-electron chi connectivity index (χ2n) is 5.26. The second kappa shape index (κ2) is 7.09. The molecule has 0 aliphatic rings. The van der Waals surface area contributed by atoms with Crippen LogP contribution in [0.15, 0.2) is 18.2 Å². The number of thiazole rings is 1. The van der Waals surface area contributed by atoms with E-state index in [1.54, 1.807) is 0 Å². The van der Waals surface area contributed by atoms with E-state index in [0.717, 1.165) is 23.5 Å². The van der Waals surface area contributed by atoms with Gasteiger partial charge in [0.05, 0.1) is 11.3 Å². The molecule has 0 bridgehead atoms. The molecule has 0 amide bonds. The Morgan fingerprint density at radius 2 is 1.90 bits per heavy atom. The fourth-order valence-electron chi connectivity index (χ4n) is 2.13. The predicted octanol–water partition coefficient (Wildman–Crippen LogP) is 4.71. The Morgan fingerprint density at radius 3 is 2.48 bits per heavy atom. The third-order valence-electron chi connectivity index (χ3n) is 3.16. The van der Waals surface area contributed by atoms with E-state index in [4.69, 9.17) is 0 Å². The highest BCUT2D eigenvalue weighted by Gasteiger charge is 2.19. The van der Waals surface area contributed by atoms with E-state index in [1.165, 1.54) is 29.5 Å². The van der Waals surface area contributed by atoms with E-state index in [2.05, 4.69) is 17.2 Å². The molecule has 2 rings (SSSR count). The van der Waals surface area contributed by atoms with Gasteiger partial charge < -0.3 is 5.32 Å². The summed E-state index contributed by atoms with van der Waals surface area (Å²) in [5.41, 5.74) is 0.896. The van der Waals surface area contributed by atoms with Crippen LogP contribution < -0.4 is 5.32 Å². The molecule has 0 saturated carbocycles. The first kappa shape index (κ1) is 16.0. The minimum Gasteiger partial charge on any atom is -0.312 e. The Labute approximate surface area is 128 Å². The lowest BCUT2D eigenvalue weighted by molar-refractivity contribution is 0.589. The Bertz CT molecular complexity index is 588. The molecule has 5 heteroatoms. The maximum atomic E-state index is 13.9. The van der Waals surface area contributed by atoms with Crippen LogP contribution in [0.4, 0.5) is 8.78 Å². The van der Waals surface area contributed by atoms with Gasteiger partial charge in [-0.05, 0) is 31.0 Å². The van der Waals surface area contributed by atoms with Crippen LogP contribution in [0.1, 0.15) is 43.7 Å². The average Bonchev–Trinajstić information content (AvgIpc) is 2.83. The van der Waals surface area contributed by atoms with E-state index in [9.17, 15) is 8.78 Å². The first-order chi connectivity index (χ1) is 10.0. The molecule has 0 fully saturated rings. The highest BCUT2D eigenvalue weighted by molar-refractivity contribution is 7.15. The molecule has 0 aliphatic carbocycles. The van der Waals surface area contributed by atoms with Crippen molar-refractivity contribution in [3.63, 3.8) is 0 Å². The fraction of sp³-hybridized carbons (Fsp3) is 0.438. The van der Waals surface area contributed by atoms with Crippen molar-refractivity contribution in [2.24, 2.45) is 0 Å². The van der Waals surface area contributed by atoms with Crippen LogP contribution in [-0.2, 0) is 6.54 Å². The monoisotopic (exact) mass is 310 g/mol. The Kier molecular flexibility index (Phi) is 5.42. The summed E-state index contributed by atoms with van der Waals surface area (Å²) in [6.07, 6.45) is 1.05. The number of benzene rings is 1. The van der Waals surface area contributed by atoms with Crippen LogP contribution in [0.5, 0.6) is 0 Å². The molecule has 1 N–H and O–H groups in total. The van der Waals surface area contributed by atoms with Crippen LogP contribution in [0.3, 0.4) is 0 Å². The molecule has 1 aromatic carbocycles. The van der Waals surface area contributed by atoms with Crippen molar-refractivity contribution in [2.75, 3.05) is 6.54 Å². The number of nitrogens with zero attached hydrogens (tertiary/aromatic N) is 1. The number of rotatable bonds is 6. The third-order valence-corrected chi connectivity index (χ3v) is 4.25. The van der Waals surface area contributed by atoms with Gasteiger partial charge in [0.1, 0.15) is 16.6 Å². The molecule has 1 aromatic heterocycles. The standard InChI is InChI=1S/C16H20F2N2S/c1-4-8-19-9-13-15(10(2)3)20-16(21-13)14-11(17)6-5-7-12(14)18/h5-7,10,19H,4,8-9H2,1-3H3. The lowest BCUT2D eigenvalue weighted by Crippen LogP contribution is -2.14. The summed E-state index contributed by atoms with van der Waals surface area (Å²) in [5.74, 6) is -0.900. The van der Waals surface area contributed by atoms with Gasteiger partial charge in [0.25, 0.3) is 0 Å². The zero-order valence-corrected chi connectivity index (χ0v) is 13.4. The highest BCUT2D eigenvalue weighted by Crippen LogP contribution is 2.34. The summed E-state index contributed by atoms with van der Waals surface area (Å²) in [6.45, 7) is 7.79. The summed E-state index contributed by atoms with van der Waals surface area (Å²) >= 11 is 1.37. The topological polar surface area (TPSA) is 24.9 Å². The van der Waals surface area contributed by atoms with Gasteiger partial charge in [0, 0.05) is 11.4 Å². The van der Waals surface area contributed by atoms with Gasteiger partial charge in [-0.3, -0.25) is 0 Å². The molecule has 1 heterocycles. The predicted molar refractivity (Wildman–Crippen MR) is 83.6 cm³/mol. The minimum atomic E-state index is -0.563. The lowest BCUT2D eigenvalue weighted by atomic mass is 10.1. The minimum absolute atomic E-state index is 0.0221. The van der Waals surface area contributed by atoms with Crippen LogP contribution >= 0.6 is 11.3 Å². The van der Waals surface area contributed by atoms with Gasteiger partial charge >= 0.3 is 0 Å². The van der Waals surface area contributed by atoms with E-state index in [0.29, 0.717) is 11.6 Å². The number of hydrogen-bond donors (Lipinski definition) is 1. The Hall–Kier alpha value is -1.33. The molecule has 0 unspecified atom stereocenters. The number of halogens is 2. The number of nitrogens with one attached hydrogen (secondary N) is 1. The maximum Gasteiger partial charge on any atom is 0.136 e. The molecule has 2 aromatic rings. The molecule has 0 saturated heterocycles. The lowest BCUT2D eigenvalue weighted by Gasteiger charge is -2.05. The van der Waals surface area contributed by atoms with Crippen LogP contribution in [-0.4, -0.2) is 11.5 Å². The van der Waals surface area contributed by atoms with Gasteiger partial charge in [-0.1, -0.05) is 26.8 Å². The average molecular weight is 310 g/mol. The quantitative estimate of drug-likeness (QED) is 0.782. The summed E-state index contributed by atoms with van der Waals surface area (Å²) in [4.78, 5) is 5.53. The van der Waals surface area contributed by atoms with Crippen molar-refractivity contribution in [1.29, 1.82) is 0 Å². The molecule has 2 nitrogen and oxygen atoms in total. The van der Waals surface area contributed by atoms with Crippen molar-refractivity contribution in [1.82, 2.24) is 10.3 Å². The normalized spacial score (nSPS) is 11.3. The van der Waals surface area contributed by atoms with Crippen LogP contribution in [0.25, 0.3) is 10.6 Å². The molecule has 0 spiro atoms. The van der Waals surface area contributed by atoms with E-state index in [-0.39, 0.29) is 11.5 Å². The second-order valence-corrected chi connectivity index (χ2v) is 6.34. The van der Waals surface area contributed by atoms with E-state index < -0.39 is 11.6 Å². The van der Waals surface area contributed by atoms with Gasteiger partial charge in [0.2, 0.25) is 0 Å². The molecule has 114 valence electrons. The smallest absolute Gasteiger partial charge is 0.136 e. The Balaban J connectivity index is 2.39. The van der Waals surface area contributed by atoms with Crippen molar-refractivity contribution in [3.8, 4) is 10.6 Å². The Morgan fingerprint density at radius 1 is 1.24 bits per heavy atom. The number of aromatic nitrogens is 1. The summed E-state index contributed by atoms with van der Waals surface area (Å²) in [6, 6.07) is 3.91. The molecule has 0 atom stereocenters. The van der Waals surface area contributed by atoms with Gasteiger partial charge in [-0.15, -0.1) is 11.3 Å². The SMILES string of the molecule is CCCNCc1sc(-c2c(F)cccc2F)nc1C(C)C. The van der Waals surface area contributed by atoms with Crippen molar-refractivity contribution >= 4 is 11.3 Å². The van der Waals surface area contributed by atoms with Crippen LogP contribution in [0.2, 0.25) is 0 Å². The van der Waals surface area contributed by atoms with Gasteiger partial charge in [0.15, 0.2) is 0 Å². The van der Waals surface area contributed by atoms with E-state index in [1.807, 2.05) is 13.8 Å². The van der Waals surface area contributed by atoms with Crippen molar-refractivity contribution in [2.45, 2.75) is 39.7 Å². The van der Waals surface area contributed by atoms with Gasteiger partial charge in [-0.2, -0.15) is 0 Å². The first-order valence-corrected chi connectivity index (χ1v) is 8.01. The molecular weight excluding hydrogens is 290 g/mol. The summed E-state index contributed by atoms with van der Waals surface area (Å²) in [5, 5.41) is 3.74. The maximum absolute atomic E-state index is 13.9. The largest absolute Gasteiger partial charge is 0.312 e. The molecular formula is C16H20F2N2S. The van der Waals surface area contributed by atoms with Crippen LogP contribution in [0, 0.1) is 11.6 Å². The first-order valence-electron chi connectivity index (χ1n) is 7.19. The third kappa shape index (κ3) is 3.66. The molecule has 21 heavy (non-hydrogen) atoms. The zero-order valence-electron chi connectivity index (χ0n) is 12.5. The number of hydrogen-bond acceptors (Lipinski definition) is 3. The van der Waals surface area contributed by atoms with Crippen molar-refractivity contribution in [3.05, 3.63) is 40.4 Å². The molecule has 0 radical (unpaired) electrons. The van der Waals surface area contributed by atoms with Gasteiger partial charge in [-0.25, -0.2) is 13.8 Å². The summed E-state index contributed by atoms with van der Waals surface area (Å²) < 4.78 is 27.8. The highest BCUT2D eigenvalue weighted by atomic mass is 32.1. The molecule has 0 aliphatic heterocycles. The fourth-order valence-corrected chi connectivity index (χ4v) is 3.36. The zero-order chi connectivity index (χ0) is 15.4. The van der Waals surface area contributed by atoms with E-state index >= 15 is 0 Å².